The van der Waals surface area contributed by atoms with E-state index < -0.39 is 12.2 Å². The molecule has 1 unspecified atom stereocenters. The maximum absolute atomic E-state index is 11.7. The van der Waals surface area contributed by atoms with Crippen LogP contribution in [0.25, 0.3) is 0 Å². The van der Waals surface area contributed by atoms with Gasteiger partial charge in [0.15, 0.2) is 6.10 Å². The van der Waals surface area contributed by atoms with E-state index in [9.17, 15) is 9.90 Å². The summed E-state index contributed by atoms with van der Waals surface area (Å²) in [5.74, 6) is 0.397. The summed E-state index contributed by atoms with van der Waals surface area (Å²) in [7, 11) is 3.36. The number of halogens is 1. The van der Waals surface area contributed by atoms with Crippen LogP contribution in [0.3, 0.4) is 0 Å². The van der Waals surface area contributed by atoms with Crippen molar-refractivity contribution in [2.24, 2.45) is 0 Å². The van der Waals surface area contributed by atoms with Gasteiger partial charge in [0.05, 0.1) is 6.10 Å². The third-order valence-electron chi connectivity index (χ3n) is 2.52. The maximum atomic E-state index is 11.7. The predicted molar refractivity (Wildman–Crippen MR) is 73.6 cm³/mol. The molecule has 0 saturated heterocycles. The Labute approximate surface area is 116 Å². The molecule has 0 aliphatic carbocycles. The van der Waals surface area contributed by atoms with Gasteiger partial charge in [-0.3, -0.25) is 4.79 Å². The lowest BCUT2D eigenvalue weighted by Crippen LogP contribution is -2.35. The van der Waals surface area contributed by atoms with Gasteiger partial charge < -0.3 is 14.7 Å². The second-order valence-electron chi connectivity index (χ2n) is 4.35. The molecule has 0 fully saturated rings. The Morgan fingerprint density at radius 2 is 2.00 bits per heavy atom. The molecule has 0 aliphatic heterocycles. The SMILES string of the molecule is CC(Oc1cc(Br)ccc1[C@H](C)O)C(=O)N(C)C. The first-order valence-corrected chi connectivity index (χ1v) is 6.47. The number of amides is 1. The molecule has 0 spiro atoms. The van der Waals surface area contributed by atoms with Crippen molar-refractivity contribution in [2.75, 3.05) is 14.1 Å². The highest BCUT2D eigenvalue weighted by Crippen LogP contribution is 2.29. The molecule has 0 saturated carbocycles. The molecule has 1 rings (SSSR count). The van der Waals surface area contributed by atoms with Crippen LogP contribution in [0.5, 0.6) is 5.75 Å². The van der Waals surface area contributed by atoms with Gasteiger partial charge in [0.1, 0.15) is 5.75 Å². The van der Waals surface area contributed by atoms with Crippen molar-refractivity contribution in [3.8, 4) is 5.75 Å². The molecule has 100 valence electrons. The van der Waals surface area contributed by atoms with Gasteiger partial charge in [0.25, 0.3) is 5.91 Å². The number of carbonyl (C=O) groups is 1. The molecular weight excluding hydrogens is 298 g/mol. The average molecular weight is 316 g/mol. The van der Waals surface area contributed by atoms with Gasteiger partial charge in [-0.1, -0.05) is 22.0 Å². The third kappa shape index (κ3) is 3.71. The monoisotopic (exact) mass is 315 g/mol. The summed E-state index contributed by atoms with van der Waals surface area (Å²) in [4.78, 5) is 13.2. The number of hydrogen-bond donors (Lipinski definition) is 1. The number of aliphatic hydroxyl groups excluding tert-OH is 1. The highest BCUT2D eigenvalue weighted by Gasteiger charge is 2.19. The fraction of sp³-hybridized carbons (Fsp3) is 0.462. The van der Waals surface area contributed by atoms with E-state index >= 15 is 0 Å². The van der Waals surface area contributed by atoms with E-state index in [2.05, 4.69) is 15.9 Å². The van der Waals surface area contributed by atoms with Gasteiger partial charge in [0.2, 0.25) is 0 Å². The van der Waals surface area contributed by atoms with E-state index in [0.717, 1.165) is 4.47 Å². The lowest BCUT2D eigenvalue weighted by Gasteiger charge is -2.21. The van der Waals surface area contributed by atoms with Gasteiger partial charge in [-0.25, -0.2) is 0 Å². The summed E-state index contributed by atoms with van der Waals surface area (Å²) in [6.45, 7) is 3.35. The summed E-state index contributed by atoms with van der Waals surface area (Å²) in [6.07, 6.45) is -1.23. The van der Waals surface area contributed by atoms with Gasteiger partial charge >= 0.3 is 0 Å². The molecule has 2 atom stereocenters. The highest BCUT2D eigenvalue weighted by molar-refractivity contribution is 9.10. The van der Waals surface area contributed by atoms with E-state index in [1.165, 1.54) is 4.90 Å². The number of likely N-dealkylation sites (N-methyl/N-ethyl adjacent to an activating group) is 1. The number of nitrogens with zero attached hydrogens (tertiary/aromatic N) is 1. The van der Waals surface area contributed by atoms with Crippen molar-refractivity contribution in [2.45, 2.75) is 26.1 Å². The van der Waals surface area contributed by atoms with E-state index in [1.54, 1.807) is 40.1 Å². The zero-order valence-electron chi connectivity index (χ0n) is 11.0. The van der Waals surface area contributed by atoms with Crippen LogP contribution in [0.2, 0.25) is 0 Å². The quantitative estimate of drug-likeness (QED) is 0.928. The summed E-state index contributed by atoms with van der Waals surface area (Å²) in [6, 6.07) is 5.35. The van der Waals surface area contributed by atoms with Crippen molar-refractivity contribution < 1.29 is 14.6 Å². The molecular formula is C13H18BrNO3. The lowest BCUT2D eigenvalue weighted by molar-refractivity contribution is -0.135. The second kappa shape index (κ2) is 6.20. The normalized spacial score (nSPS) is 13.9. The molecule has 0 radical (unpaired) electrons. The van der Waals surface area contributed by atoms with Crippen LogP contribution in [0, 0.1) is 0 Å². The molecule has 1 aromatic carbocycles. The number of benzene rings is 1. The Morgan fingerprint density at radius 1 is 1.39 bits per heavy atom. The Hall–Kier alpha value is -1.07. The Morgan fingerprint density at radius 3 is 2.50 bits per heavy atom. The van der Waals surface area contributed by atoms with E-state index in [0.29, 0.717) is 11.3 Å². The molecule has 18 heavy (non-hydrogen) atoms. The van der Waals surface area contributed by atoms with Crippen LogP contribution >= 0.6 is 15.9 Å². The van der Waals surface area contributed by atoms with Crippen LogP contribution in [0.4, 0.5) is 0 Å². The van der Waals surface area contributed by atoms with E-state index in [1.807, 2.05) is 6.07 Å². The smallest absolute Gasteiger partial charge is 0.262 e. The Balaban J connectivity index is 2.96. The zero-order chi connectivity index (χ0) is 13.9. The highest BCUT2D eigenvalue weighted by atomic mass is 79.9. The third-order valence-corrected chi connectivity index (χ3v) is 3.01. The minimum atomic E-state index is -0.644. The largest absolute Gasteiger partial charge is 0.480 e. The minimum absolute atomic E-state index is 0.119. The maximum Gasteiger partial charge on any atom is 0.262 e. The van der Waals surface area contributed by atoms with Gasteiger partial charge in [-0.15, -0.1) is 0 Å². The zero-order valence-corrected chi connectivity index (χ0v) is 12.6. The van der Waals surface area contributed by atoms with E-state index in [4.69, 9.17) is 4.74 Å². The number of aliphatic hydroxyl groups is 1. The molecule has 1 N–H and O–H groups in total. The molecule has 0 aliphatic rings. The summed E-state index contributed by atoms with van der Waals surface area (Å²) >= 11 is 3.34. The molecule has 1 aromatic rings. The molecule has 0 aromatic heterocycles. The van der Waals surface area contributed by atoms with Crippen molar-refractivity contribution >= 4 is 21.8 Å². The fourth-order valence-electron chi connectivity index (χ4n) is 1.56. The van der Waals surface area contributed by atoms with Crippen molar-refractivity contribution in [1.29, 1.82) is 0 Å². The van der Waals surface area contributed by atoms with Crippen LogP contribution < -0.4 is 4.74 Å². The van der Waals surface area contributed by atoms with Gasteiger partial charge in [0, 0.05) is 24.1 Å². The summed E-state index contributed by atoms with van der Waals surface area (Å²) in [5.41, 5.74) is 0.664. The van der Waals surface area contributed by atoms with Crippen molar-refractivity contribution in [3.05, 3.63) is 28.2 Å². The first-order valence-electron chi connectivity index (χ1n) is 5.68. The lowest BCUT2D eigenvalue weighted by atomic mass is 10.1. The van der Waals surface area contributed by atoms with Crippen LogP contribution in [0.1, 0.15) is 25.5 Å². The fourth-order valence-corrected chi connectivity index (χ4v) is 1.90. The van der Waals surface area contributed by atoms with Gasteiger partial charge in [-0.2, -0.15) is 0 Å². The number of hydrogen-bond acceptors (Lipinski definition) is 3. The van der Waals surface area contributed by atoms with Gasteiger partial charge in [-0.05, 0) is 26.0 Å². The second-order valence-corrected chi connectivity index (χ2v) is 5.27. The Kier molecular flexibility index (Phi) is 5.16. The molecule has 5 heteroatoms. The average Bonchev–Trinajstić information content (AvgIpc) is 2.27. The molecule has 0 heterocycles. The minimum Gasteiger partial charge on any atom is -0.480 e. The van der Waals surface area contributed by atoms with Crippen LogP contribution in [-0.2, 0) is 4.79 Å². The first-order chi connectivity index (χ1) is 8.32. The summed E-state index contributed by atoms with van der Waals surface area (Å²) < 4.78 is 6.47. The number of carbonyl (C=O) groups excluding carboxylic acids is 1. The summed E-state index contributed by atoms with van der Waals surface area (Å²) in [5, 5.41) is 9.67. The molecule has 0 bridgehead atoms. The van der Waals surface area contributed by atoms with Crippen LogP contribution in [-0.4, -0.2) is 36.1 Å². The Bertz CT molecular complexity index is 432. The number of rotatable bonds is 4. The topological polar surface area (TPSA) is 49.8 Å². The van der Waals surface area contributed by atoms with Crippen LogP contribution in [0.15, 0.2) is 22.7 Å². The molecule has 1 amide bonds. The number of ether oxygens (including phenoxy) is 1. The molecule has 4 nitrogen and oxygen atoms in total. The standard InChI is InChI=1S/C13H18BrNO3/c1-8(16)11-6-5-10(14)7-12(11)18-9(2)13(17)15(3)4/h5-9,16H,1-4H3/t8-,9?/m0/s1. The predicted octanol–water partition coefficient (Wildman–Crippen LogP) is 2.36. The van der Waals surface area contributed by atoms with Crippen molar-refractivity contribution in [3.63, 3.8) is 0 Å². The first kappa shape index (κ1) is 15.0. The van der Waals surface area contributed by atoms with Crippen molar-refractivity contribution in [1.82, 2.24) is 4.90 Å². The van der Waals surface area contributed by atoms with E-state index in [-0.39, 0.29) is 5.91 Å².